The Morgan fingerprint density at radius 1 is 1.30 bits per heavy atom. The molecule has 1 unspecified atom stereocenters. The average molecular weight is 512 g/mol. The Labute approximate surface area is 208 Å². The molecule has 0 spiro atoms. The van der Waals surface area contributed by atoms with Gasteiger partial charge in [0.05, 0.1) is 22.6 Å². The minimum atomic E-state index is -4.77. The number of aliphatic imine (C=N–C) groups is 1. The van der Waals surface area contributed by atoms with Crippen LogP contribution in [0.5, 0.6) is 0 Å². The van der Waals surface area contributed by atoms with Crippen LogP contribution in [-0.4, -0.2) is 27.1 Å². The molecule has 2 aromatic heterocycles. The molecule has 0 bridgehead atoms. The second kappa shape index (κ2) is 11.2. The third-order valence-corrected chi connectivity index (χ3v) is 5.29. The van der Waals surface area contributed by atoms with Crippen molar-refractivity contribution in [3.8, 4) is 17.2 Å². The van der Waals surface area contributed by atoms with E-state index in [2.05, 4.69) is 30.4 Å². The van der Waals surface area contributed by atoms with Crippen molar-refractivity contribution in [1.29, 1.82) is 16.2 Å². The number of para-hydroxylation sites is 1. The highest BCUT2D eigenvalue weighted by molar-refractivity contribution is 6.06. The van der Waals surface area contributed by atoms with Crippen LogP contribution in [-0.2, 0) is 6.18 Å². The van der Waals surface area contributed by atoms with Gasteiger partial charge in [-0.2, -0.15) is 23.5 Å². The van der Waals surface area contributed by atoms with Crippen LogP contribution in [0.2, 0.25) is 0 Å². The number of alkyl halides is 3. The predicted molar refractivity (Wildman–Crippen MR) is 127 cm³/mol. The molecule has 3 rings (SSSR count). The third kappa shape index (κ3) is 5.67. The number of H-pyrrole nitrogens is 1. The SMILES string of the molecule is CCC(/C(=C/Nc1ccccc1F)N=N)c1[nH]c(/C(N)=N\C=N)c(-c2cnc(C(F)(F)F)nc2)c1C#N. The number of halogens is 4. The van der Waals surface area contributed by atoms with E-state index in [1.165, 1.54) is 24.4 Å². The number of amidine groups is 1. The van der Waals surface area contributed by atoms with E-state index in [1.54, 1.807) is 13.0 Å². The smallest absolute Gasteiger partial charge is 0.382 e. The summed E-state index contributed by atoms with van der Waals surface area (Å²) in [5.41, 5.74) is 14.3. The molecule has 1 atom stereocenters. The Bertz CT molecular complexity index is 1400. The summed E-state index contributed by atoms with van der Waals surface area (Å²) < 4.78 is 52.9. The second-order valence-corrected chi connectivity index (χ2v) is 7.48. The minimum absolute atomic E-state index is 0.0196. The van der Waals surface area contributed by atoms with Crippen LogP contribution in [0.25, 0.3) is 11.1 Å². The molecule has 0 fully saturated rings. The van der Waals surface area contributed by atoms with Crippen LogP contribution < -0.4 is 11.1 Å². The number of nitriles is 1. The van der Waals surface area contributed by atoms with Gasteiger partial charge >= 0.3 is 6.18 Å². The maximum absolute atomic E-state index is 14.0. The molecule has 0 aliphatic carbocycles. The van der Waals surface area contributed by atoms with E-state index in [4.69, 9.17) is 16.7 Å². The number of nitrogens with one attached hydrogen (secondary N) is 4. The highest BCUT2D eigenvalue weighted by Gasteiger charge is 2.35. The van der Waals surface area contributed by atoms with Crippen molar-refractivity contribution in [3.63, 3.8) is 0 Å². The van der Waals surface area contributed by atoms with E-state index >= 15 is 0 Å². The Hall–Kier alpha value is -4.93. The van der Waals surface area contributed by atoms with Gasteiger partial charge in [0.1, 0.15) is 24.1 Å². The Morgan fingerprint density at radius 3 is 2.51 bits per heavy atom. The van der Waals surface area contributed by atoms with Gasteiger partial charge in [-0.15, -0.1) is 0 Å². The fourth-order valence-corrected chi connectivity index (χ4v) is 3.62. The first-order chi connectivity index (χ1) is 17.7. The van der Waals surface area contributed by atoms with Gasteiger partial charge < -0.3 is 16.0 Å². The number of hydrogen-bond donors (Lipinski definition) is 5. The maximum Gasteiger partial charge on any atom is 0.451 e. The van der Waals surface area contributed by atoms with E-state index in [0.717, 1.165) is 12.4 Å². The summed E-state index contributed by atoms with van der Waals surface area (Å²) in [6, 6.07) is 7.88. The lowest BCUT2D eigenvalue weighted by atomic mass is 9.93. The number of benzene rings is 1. The quantitative estimate of drug-likeness (QED) is 0.113. The van der Waals surface area contributed by atoms with Crippen LogP contribution >= 0.6 is 0 Å². The van der Waals surface area contributed by atoms with E-state index in [0.29, 0.717) is 12.8 Å². The van der Waals surface area contributed by atoms with Crippen molar-refractivity contribution in [2.75, 3.05) is 5.32 Å². The Kier molecular flexibility index (Phi) is 8.08. The van der Waals surface area contributed by atoms with E-state index < -0.39 is 23.7 Å². The van der Waals surface area contributed by atoms with Crippen molar-refractivity contribution >= 4 is 17.9 Å². The minimum Gasteiger partial charge on any atom is -0.382 e. The number of aromatic amines is 1. The standard InChI is InChI=1S/C23H20F4N10/c1-2-13(17(37-31)10-32-16-6-4-3-5-15(16)24)19-14(7-28)18(20(36-19)21(30)35-11-29)12-8-33-22(34-9-12)23(25,26)27/h3-6,8-11,13,31-32,36H,2H2,1H3,(H3,29,30,35)/b17-10-,37-31?. The molecule has 3 aromatic rings. The third-order valence-electron chi connectivity index (χ3n) is 5.29. The van der Waals surface area contributed by atoms with E-state index in [1.807, 2.05) is 6.07 Å². The molecule has 37 heavy (non-hydrogen) atoms. The van der Waals surface area contributed by atoms with Crippen molar-refractivity contribution in [3.05, 3.63) is 77.1 Å². The number of allylic oxidation sites excluding steroid dienone is 1. The van der Waals surface area contributed by atoms with E-state index in [9.17, 15) is 22.8 Å². The maximum atomic E-state index is 14.0. The zero-order valence-corrected chi connectivity index (χ0v) is 19.2. The Morgan fingerprint density at radius 2 is 1.97 bits per heavy atom. The largest absolute Gasteiger partial charge is 0.451 e. The topological polar surface area (TPSA) is 176 Å². The molecule has 0 aliphatic rings. The first-order valence-corrected chi connectivity index (χ1v) is 10.6. The molecule has 6 N–H and O–H groups in total. The molecule has 10 nitrogen and oxygen atoms in total. The molecule has 0 amide bonds. The van der Waals surface area contributed by atoms with Crippen LogP contribution in [0, 0.1) is 28.1 Å². The molecule has 0 aliphatic heterocycles. The summed E-state index contributed by atoms with van der Waals surface area (Å²) in [6.07, 6.45) is -0.677. The summed E-state index contributed by atoms with van der Waals surface area (Å²) in [5, 5.41) is 23.5. The van der Waals surface area contributed by atoms with Crippen LogP contribution in [0.1, 0.15) is 42.0 Å². The molecule has 1 aromatic carbocycles. The molecule has 0 saturated carbocycles. The molecular formula is C23H20F4N10. The molecule has 2 heterocycles. The van der Waals surface area contributed by atoms with Crippen LogP contribution in [0.15, 0.2) is 58.7 Å². The first-order valence-electron chi connectivity index (χ1n) is 10.6. The highest BCUT2D eigenvalue weighted by atomic mass is 19.4. The average Bonchev–Trinajstić information content (AvgIpc) is 3.26. The number of nitrogens with two attached hydrogens (primary N) is 1. The lowest BCUT2D eigenvalue weighted by Gasteiger charge is -2.15. The van der Waals surface area contributed by atoms with Crippen molar-refractivity contribution < 1.29 is 17.6 Å². The van der Waals surface area contributed by atoms with Gasteiger partial charge in [-0.05, 0) is 18.6 Å². The van der Waals surface area contributed by atoms with E-state index in [-0.39, 0.29) is 45.3 Å². The van der Waals surface area contributed by atoms with Gasteiger partial charge in [-0.3, -0.25) is 5.41 Å². The van der Waals surface area contributed by atoms with Crippen molar-refractivity contribution in [2.24, 2.45) is 15.8 Å². The number of hydrogen-bond acceptors (Lipinski definition) is 7. The predicted octanol–water partition coefficient (Wildman–Crippen LogP) is 5.29. The Balaban J connectivity index is 2.18. The zero-order chi connectivity index (χ0) is 27.2. The van der Waals surface area contributed by atoms with Crippen molar-refractivity contribution in [2.45, 2.75) is 25.4 Å². The molecular weight excluding hydrogens is 492 g/mol. The number of aromatic nitrogens is 3. The molecule has 14 heteroatoms. The second-order valence-electron chi connectivity index (χ2n) is 7.48. The lowest BCUT2D eigenvalue weighted by Crippen LogP contribution is -2.16. The monoisotopic (exact) mass is 512 g/mol. The number of rotatable bonds is 9. The van der Waals surface area contributed by atoms with Gasteiger partial charge in [0, 0.05) is 41.3 Å². The normalized spacial score (nSPS) is 13.1. The number of anilines is 1. The highest BCUT2D eigenvalue weighted by Crippen LogP contribution is 2.38. The molecule has 0 saturated heterocycles. The zero-order valence-electron chi connectivity index (χ0n) is 19.2. The summed E-state index contributed by atoms with van der Waals surface area (Å²) in [5.74, 6) is -2.84. The van der Waals surface area contributed by atoms with Crippen LogP contribution in [0.3, 0.4) is 0 Å². The van der Waals surface area contributed by atoms with Gasteiger partial charge in [0.15, 0.2) is 0 Å². The summed E-state index contributed by atoms with van der Waals surface area (Å²) in [4.78, 5) is 13.4. The van der Waals surface area contributed by atoms with Gasteiger partial charge in [-0.1, -0.05) is 19.1 Å². The van der Waals surface area contributed by atoms with Crippen LogP contribution in [0.4, 0.5) is 23.2 Å². The first kappa shape index (κ1) is 26.7. The van der Waals surface area contributed by atoms with Gasteiger partial charge in [0.2, 0.25) is 5.82 Å². The molecule has 0 radical (unpaired) electrons. The fraction of sp³-hybridized carbons (Fsp3) is 0.174. The summed E-state index contributed by atoms with van der Waals surface area (Å²) >= 11 is 0. The van der Waals surface area contributed by atoms with Gasteiger partial charge in [0.25, 0.3) is 0 Å². The summed E-state index contributed by atoms with van der Waals surface area (Å²) in [7, 11) is 0. The molecule has 190 valence electrons. The number of nitrogens with zero attached hydrogens (tertiary/aromatic N) is 5. The summed E-state index contributed by atoms with van der Waals surface area (Å²) in [6.45, 7) is 1.75. The lowest BCUT2D eigenvalue weighted by molar-refractivity contribution is -0.144. The van der Waals surface area contributed by atoms with Crippen molar-refractivity contribution in [1.82, 2.24) is 15.0 Å². The van der Waals surface area contributed by atoms with Gasteiger partial charge in [-0.25, -0.2) is 24.9 Å². The fourth-order valence-electron chi connectivity index (χ4n) is 3.62.